The number of ether oxygens (including phenoxy) is 1. The summed E-state index contributed by atoms with van der Waals surface area (Å²) < 4.78 is 81.5. The van der Waals surface area contributed by atoms with Gasteiger partial charge in [-0.3, -0.25) is 4.79 Å². The molecule has 0 radical (unpaired) electrons. The number of methoxy groups -OCH3 is 1. The molecule has 4 nitrogen and oxygen atoms in total. The van der Waals surface area contributed by atoms with Crippen molar-refractivity contribution in [2.45, 2.75) is 38.2 Å². The molecule has 0 fully saturated rings. The van der Waals surface area contributed by atoms with Gasteiger partial charge in [0.25, 0.3) is 0 Å². The van der Waals surface area contributed by atoms with Crippen LogP contribution in [0.5, 0.6) is 0 Å². The van der Waals surface area contributed by atoms with Crippen LogP contribution in [0.2, 0.25) is 0 Å². The standard InChI is InChI=1S/C17H17F6NO3/c1-9(2)4-13(15(26)27-3)24-14(25)7-10-5-11(16(18,19)20)8-12(6-10)17(21,22)23/h5-6,8,13H,1,4,7H2,2-3H3,(H,24,25)/t13-/m0/s1. The lowest BCUT2D eigenvalue weighted by molar-refractivity contribution is -0.145. The van der Waals surface area contributed by atoms with E-state index in [-0.39, 0.29) is 12.5 Å². The van der Waals surface area contributed by atoms with Gasteiger partial charge < -0.3 is 10.1 Å². The minimum Gasteiger partial charge on any atom is -0.467 e. The van der Waals surface area contributed by atoms with E-state index in [1.807, 2.05) is 0 Å². The number of rotatable bonds is 6. The van der Waals surface area contributed by atoms with Crippen LogP contribution < -0.4 is 5.32 Å². The highest BCUT2D eigenvalue weighted by molar-refractivity contribution is 5.85. The van der Waals surface area contributed by atoms with Gasteiger partial charge in [0.1, 0.15) is 6.04 Å². The molecule has 0 spiro atoms. The van der Waals surface area contributed by atoms with Gasteiger partial charge in [0.2, 0.25) is 5.91 Å². The van der Waals surface area contributed by atoms with E-state index in [2.05, 4.69) is 16.6 Å². The molecule has 1 atom stereocenters. The molecule has 0 aliphatic rings. The van der Waals surface area contributed by atoms with Crippen LogP contribution in [0.4, 0.5) is 26.3 Å². The van der Waals surface area contributed by atoms with Gasteiger partial charge in [0.05, 0.1) is 24.7 Å². The average Bonchev–Trinajstić information content (AvgIpc) is 2.50. The van der Waals surface area contributed by atoms with Gasteiger partial charge in [-0.2, -0.15) is 26.3 Å². The van der Waals surface area contributed by atoms with Gasteiger partial charge in [0, 0.05) is 0 Å². The maximum atomic E-state index is 12.8. The molecule has 27 heavy (non-hydrogen) atoms. The zero-order valence-electron chi connectivity index (χ0n) is 14.4. The Morgan fingerprint density at radius 1 is 1.07 bits per heavy atom. The predicted molar refractivity (Wildman–Crippen MR) is 83.5 cm³/mol. The molecule has 0 saturated heterocycles. The molecule has 0 aliphatic heterocycles. The van der Waals surface area contributed by atoms with Crippen molar-refractivity contribution in [2.75, 3.05) is 7.11 Å². The highest BCUT2D eigenvalue weighted by Gasteiger charge is 2.37. The van der Waals surface area contributed by atoms with E-state index >= 15 is 0 Å². The molecule has 0 bridgehead atoms. The Kier molecular flexibility index (Phi) is 7.05. The topological polar surface area (TPSA) is 55.4 Å². The third-order valence-electron chi connectivity index (χ3n) is 3.39. The van der Waals surface area contributed by atoms with E-state index in [1.54, 1.807) is 6.92 Å². The van der Waals surface area contributed by atoms with Crippen molar-refractivity contribution < 1.29 is 40.7 Å². The summed E-state index contributed by atoms with van der Waals surface area (Å²) in [5.41, 5.74) is -3.02. The van der Waals surface area contributed by atoms with Crippen molar-refractivity contribution in [1.29, 1.82) is 0 Å². The maximum Gasteiger partial charge on any atom is 0.416 e. The minimum atomic E-state index is -5.01. The van der Waals surface area contributed by atoms with Crippen molar-refractivity contribution in [2.24, 2.45) is 0 Å². The molecule has 1 amide bonds. The molecule has 0 aromatic heterocycles. The van der Waals surface area contributed by atoms with Crippen molar-refractivity contribution in [3.8, 4) is 0 Å². The van der Waals surface area contributed by atoms with Crippen LogP contribution in [0, 0.1) is 0 Å². The monoisotopic (exact) mass is 397 g/mol. The molecule has 150 valence electrons. The Morgan fingerprint density at radius 2 is 1.56 bits per heavy atom. The molecule has 0 aliphatic carbocycles. The van der Waals surface area contributed by atoms with Crippen LogP contribution in [0.25, 0.3) is 0 Å². The Labute approximate surface area is 151 Å². The number of hydrogen-bond donors (Lipinski definition) is 1. The third kappa shape index (κ3) is 6.95. The van der Waals surface area contributed by atoms with Gasteiger partial charge in [-0.1, -0.05) is 5.57 Å². The van der Waals surface area contributed by atoms with Crippen LogP contribution >= 0.6 is 0 Å². The van der Waals surface area contributed by atoms with Crippen molar-refractivity contribution >= 4 is 11.9 Å². The van der Waals surface area contributed by atoms with E-state index in [4.69, 9.17) is 0 Å². The van der Waals surface area contributed by atoms with Crippen molar-refractivity contribution in [1.82, 2.24) is 5.32 Å². The van der Waals surface area contributed by atoms with Crippen LogP contribution in [-0.4, -0.2) is 25.0 Å². The number of hydrogen-bond acceptors (Lipinski definition) is 3. The molecule has 0 heterocycles. The fourth-order valence-corrected chi connectivity index (χ4v) is 2.24. The quantitative estimate of drug-likeness (QED) is 0.450. The smallest absolute Gasteiger partial charge is 0.416 e. The summed E-state index contributed by atoms with van der Waals surface area (Å²) in [5.74, 6) is -1.74. The van der Waals surface area contributed by atoms with Crippen LogP contribution in [-0.2, 0) is 33.1 Å². The summed E-state index contributed by atoms with van der Waals surface area (Å²) in [6.45, 7) is 5.15. The van der Waals surface area contributed by atoms with Gasteiger partial charge in [-0.25, -0.2) is 4.79 Å². The van der Waals surface area contributed by atoms with Crippen LogP contribution in [0.3, 0.4) is 0 Å². The second-order valence-electron chi connectivity index (χ2n) is 5.90. The number of halogens is 6. The lowest BCUT2D eigenvalue weighted by Gasteiger charge is -2.17. The summed E-state index contributed by atoms with van der Waals surface area (Å²) in [6, 6.07) is -0.255. The lowest BCUT2D eigenvalue weighted by atomic mass is 10.0. The first-order valence-corrected chi connectivity index (χ1v) is 7.54. The Morgan fingerprint density at radius 3 is 1.93 bits per heavy atom. The number of nitrogens with one attached hydrogen (secondary N) is 1. The first kappa shape index (κ1) is 22.5. The summed E-state index contributed by atoms with van der Waals surface area (Å²) in [4.78, 5) is 23.7. The van der Waals surface area contributed by atoms with E-state index in [9.17, 15) is 35.9 Å². The average molecular weight is 397 g/mol. The zero-order valence-corrected chi connectivity index (χ0v) is 14.4. The van der Waals surface area contributed by atoms with Crippen molar-refractivity contribution in [3.63, 3.8) is 0 Å². The van der Waals surface area contributed by atoms with E-state index in [1.165, 1.54) is 0 Å². The fraction of sp³-hybridized carbons (Fsp3) is 0.412. The number of benzene rings is 1. The SMILES string of the molecule is C=C(C)C[C@H](NC(=O)Cc1cc(C(F)(F)F)cc(C(F)(F)F)c1)C(=O)OC. The van der Waals surface area contributed by atoms with E-state index in [0.717, 1.165) is 7.11 Å². The first-order chi connectivity index (χ1) is 12.2. The van der Waals surface area contributed by atoms with Crippen LogP contribution in [0.1, 0.15) is 30.0 Å². The number of amides is 1. The summed E-state index contributed by atoms with van der Waals surface area (Å²) >= 11 is 0. The first-order valence-electron chi connectivity index (χ1n) is 7.54. The molecular weight excluding hydrogens is 380 g/mol. The molecule has 0 unspecified atom stereocenters. The number of alkyl halides is 6. The van der Waals surface area contributed by atoms with Gasteiger partial charge in [-0.05, 0) is 37.1 Å². The van der Waals surface area contributed by atoms with Crippen molar-refractivity contribution in [3.05, 3.63) is 47.0 Å². The summed E-state index contributed by atoms with van der Waals surface area (Å²) in [7, 11) is 1.07. The number of carbonyl (C=O) groups is 2. The molecule has 1 aromatic rings. The molecule has 10 heteroatoms. The van der Waals surface area contributed by atoms with Gasteiger partial charge in [-0.15, -0.1) is 6.58 Å². The Hall–Kier alpha value is -2.52. The lowest BCUT2D eigenvalue weighted by Crippen LogP contribution is -2.42. The number of esters is 1. The predicted octanol–water partition coefficient (Wildman–Crippen LogP) is 3.89. The summed E-state index contributed by atoms with van der Waals surface area (Å²) in [6.07, 6.45) is -10.8. The highest BCUT2D eigenvalue weighted by atomic mass is 19.4. The fourth-order valence-electron chi connectivity index (χ4n) is 2.24. The third-order valence-corrected chi connectivity index (χ3v) is 3.39. The van der Waals surface area contributed by atoms with Gasteiger partial charge >= 0.3 is 18.3 Å². The Balaban J connectivity index is 3.10. The minimum absolute atomic E-state index is 0.00874. The highest BCUT2D eigenvalue weighted by Crippen LogP contribution is 2.36. The maximum absolute atomic E-state index is 12.8. The largest absolute Gasteiger partial charge is 0.467 e. The van der Waals surface area contributed by atoms with Gasteiger partial charge in [0.15, 0.2) is 0 Å². The van der Waals surface area contributed by atoms with E-state index in [0.29, 0.717) is 17.7 Å². The molecular formula is C17H17F6NO3. The molecule has 1 aromatic carbocycles. The zero-order chi connectivity index (χ0) is 21.0. The second kappa shape index (κ2) is 8.45. The second-order valence-corrected chi connectivity index (χ2v) is 5.90. The number of carbonyl (C=O) groups excluding carboxylic acids is 2. The molecule has 1 N–H and O–H groups in total. The normalized spacial score (nSPS) is 13.0. The summed E-state index contributed by atoms with van der Waals surface area (Å²) in [5, 5.41) is 2.23. The molecule has 0 saturated carbocycles. The van der Waals surface area contributed by atoms with Crippen LogP contribution in [0.15, 0.2) is 30.4 Å². The van der Waals surface area contributed by atoms with E-state index < -0.39 is 53.4 Å². The Bertz CT molecular complexity index is 692. The molecule has 1 rings (SSSR count).